The molecule has 0 aliphatic rings. The summed E-state index contributed by atoms with van der Waals surface area (Å²) in [5.41, 5.74) is -0.275. The number of carbonyl (C=O) groups excluding carboxylic acids is 1. The molecule has 2 aromatic carbocycles. The number of para-hydroxylation sites is 1. The van der Waals surface area contributed by atoms with Crippen LogP contribution in [-0.2, 0) is 6.18 Å². The summed E-state index contributed by atoms with van der Waals surface area (Å²) >= 11 is 1.10. The van der Waals surface area contributed by atoms with Gasteiger partial charge >= 0.3 is 6.18 Å². The third kappa shape index (κ3) is 3.18. The van der Waals surface area contributed by atoms with E-state index in [9.17, 15) is 18.0 Å². The van der Waals surface area contributed by atoms with Crippen molar-refractivity contribution in [2.24, 2.45) is 0 Å². The lowest BCUT2D eigenvalue weighted by molar-refractivity contribution is -0.137. The Labute approximate surface area is 138 Å². The minimum atomic E-state index is -4.43. The van der Waals surface area contributed by atoms with Gasteiger partial charge in [-0.15, -0.1) is 0 Å². The highest BCUT2D eigenvalue weighted by Crippen LogP contribution is 2.34. The molecule has 0 aliphatic heterocycles. The van der Waals surface area contributed by atoms with Crippen LogP contribution in [0.25, 0.3) is 10.2 Å². The van der Waals surface area contributed by atoms with Gasteiger partial charge in [-0.1, -0.05) is 23.5 Å². The third-order valence-electron chi connectivity index (χ3n) is 3.29. The SMILES string of the molecule is COc1ccccc1C(=O)Nc1nc2cc(C(F)(F)F)ccc2s1. The fraction of sp³-hybridized carbons (Fsp3) is 0.125. The van der Waals surface area contributed by atoms with Crippen LogP contribution in [0.3, 0.4) is 0 Å². The van der Waals surface area contributed by atoms with E-state index in [1.165, 1.54) is 13.2 Å². The van der Waals surface area contributed by atoms with Gasteiger partial charge in [-0.05, 0) is 30.3 Å². The van der Waals surface area contributed by atoms with Crippen molar-refractivity contribution in [3.05, 3.63) is 53.6 Å². The van der Waals surface area contributed by atoms with E-state index in [1.807, 2.05) is 0 Å². The summed E-state index contributed by atoms with van der Waals surface area (Å²) in [6, 6.07) is 9.94. The van der Waals surface area contributed by atoms with E-state index in [0.717, 1.165) is 23.5 Å². The van der Waals surface area contributed by atoms with E-state index in [1.54, 1.807) is 24.3 Å². The number of rotatable bonds is 3. The number of ether oxygens (including phenoxy) is 1. The lowest BCUT2D eigenvalue weighted by Crippen LogP contribution is -2.12. The van der Waals surface area contributed by atoms with Gasteiger partial charge in [0.1, 0.15) is 5.75 Å². The molecular weight excluding hydrogens is 341 g/mol. The number of hydrogen-bond acceptors (Lipinski definition) is 4. The van der Waals surface area contributed by atoms with Crippen molar-refractivity contribution >= 4 is 32.6 Å². The van der Waals surface area contributed by atoms with Gasteiger partial charge in [0.15, 0.2) is 5.13 Å². The molecule has 0 saturated carbocycles. The molecule has 24 heavy (non-hydrogen) atoms. The molecular formula is C16H11F3N2O2S. The molecule has 0 fully saturated rings. The standard InChI is InChI=1S/C16H11F3N2O2S/c1-23-12-5-3-2-4-10(12)14(22)21-15-20-11-8-9(16(17,18)19)6-7-13(11)24-15/h2-8H,1H3,(H,20,21,22). The lowest BCUT2D eigenvalue weighted by atomic mass is 10.2. The van der Waals surface area contributed by atoms with Crippen LogP contribution in [0.1, 0.15) is 15.9 Å². The van der Waals surface area contributed by atoms with E-state index in [0.29, 0.717) is 16.0 Å². The zero-order valence-electron chi connectivity index (χ0n) is 12.3. The molecule has 1 N–H and O–H groups in total. The zero-order valence-corrected chi connectivity index (χ0v) is 13.2. The molecule has 3 aromatic rings. The molecule has 3 rings (SSSR count). The Morgan fingerprint density at radius 1 is 1.21 bits per heavy atom. The van der Waals surface area contributed by atoms with Gasteiger partial charge in [0.2, 0.25) is 0 Å². The van der Waals surface area contributed by atoms with Crippen LogP contribution in [0.2, 0.25) is 0 Å². The summed E-state index contributed by atoms with van der Waals surface area (Å²) in [6.07, 6.45) is -4.43. The maximum atomic E-state index is 12.7. The third-order valence-corrected chi connectivity index (χ3v) is 4.24. The maximum absolute atomic E-state index is 12.7. The number of amides is 1. The molecule has 0 aliphatic carbocycles. The van der Waals surface area contributed by atoms with Crippen LogP contribution in [0.15, 0.2) is 42.5 Å². The van der Waals surface area contributed by atoms with Crippen LogP contribution < -0.4 is 10.1 Å². The molecule has 8 heteroatoms. The highest BCUT2D eigenvalue weighted by molar-refractivity contribution is 7.22. The van der Waals surface area contributed by atoms with Gasteiger partial charge < -0.3 is 4.74 Å². The molecule has 0 saturated heterocycles. The first-order valence-corrected chi connectivity index (χ1v) is 7.62. The van der Waals surface area contributed by atoms with Crippen molar-refractivity contribution in [1.82, 2.24) is 4.98 Å². The summed E-state index contributed by atoms with van der Waals surface area (Å²) in [5.74, 6) is -0.0435. The maximum Gasteiger partial charge on any atom is 0.416 e. The van der Waals surface area contributed by atoms with Crippen molar-refractivity contribution in [1.29, 1.82) is 0 Å². The number of methoxy groups -OCH3 is 1. The molecule has 124 valence electrons. The van der Waals surface area contributed by atoms with Gasteiger partial charge in [0, 0.05) is 0 Å². The van der Waals surface area contributed by atoms with Crippen molar-refractivity contribution in [2.75, 3.05) is 12.4 Å². The topological polar surface area (TPSA) is 51.2 Å². The number of fused-ring (bicyclic) bond motifs is 1. The average Bonchev–Trinajstić information content (AvgIpc) is 2.95. The van der Waals surface area contributed by atoms with Gasteiger partial charge in [-0.2, -0.15) is 13.2 Å². The smallest absolute Gasteiger partial charge is 0.416 e. The molecule has 0 unspecified atom stereocenters. The summed E-state index contributed by atoms with van der Waals surface area (Å²) in [4.78, 5) is 16.3. The van der Waals surface area contributed by atoms with Crippen LogP contribution in [0, 0.1) is 0 Å². The number of thiazole rings is 1. The van der Waals surface area contributed by atoms with E-state index in [2.05, 4.69) is 10.3 Å². The van der Waals surface area contributed by atoms with Crippen LogP contribution in [0.4, 0.5) is 18.3 Å². The fourth-order valence-electron chi connectivity index (χ4n) is 2.15. The number of carbonyl (C=O) groups is 1. The van der Waals surface area contributed by atoms with Crippen LogP contribution in [0.5, 0.6) is 5.75 Å². The Morgan fingerprint density at radius 2 is 1.96 bits per heavy atom. The summed E-state index contributed by atoms with van der Waals surface area (Å²) < 4.78 is 43.9. The van der Waals surface area contributed by atoms with Crippen LogP contribution >= 0.6 is 11.3 Å². The first-order chi connectivity index (χ1) is 11.4. The summed E-state index contributed by atoms with van der Waals surface area (Å²) in [5, 5.41) is 2.81. The second-order valence-electron chi connectivity index (χ2n) is 4.85. The number of halogens is 3. The highest BCUT2D eigenvalue weighted by Gasteiger charge is 2.30. The first-order valence-electron chi connectivity index (χ1n) is 6.80. The molecule has 1 heterocycles. The molecule has 0 atom stereocenters. The Morgan fingerprint density at radius 3 is 2.67 bits per heavy atom. The number of anilines is 1. The highest BCUT2D eigenvalue weighted by atomic mass is 32.1. The number of alkyl halides is 3. The predicted molar refractivity (Wildman–Crippen MR) is 85.6 cm³/mol. The monoisotopic (exact) mass is 352 g/mol. The first kappa shape index (κ1) is 16.3. The van der Waals surface area contributed by atoms with Crippen molar-refractivity contribution < 1.29 is 22.7 Å². The number of nitrogens with one attached hydrogen (secondary N) is 1. The van der Waals surface area contributed by atoms with E-state index in [-0.39, 0.29) is 10.6 Å². The second-order valence-corrected chi connectivity index (χ2v) is 5.88. The quantitative estimate of drug-likeness (QED) is 0.751. The van der Waals surface area contributed by atoms with Gasteiger partial charge in [0.05, 0.1) is 28.5 Å². The largest absolute Gasteiger partial charge is 0.496 e. The lowest BCUT2D eigenvalue weighted by Gasteiger charge is -2.06. The number of aromatic nitrogens is 1. The van der Waals surface area contributed by atoms with Crippen molar-refractivity contribution in [3.8, 4) is 5.75 Å². The zero-order chi connectivity index (χ0) is 17.3. The van der Waals surface area contributed by atoms with E-state index >= 15 is 0 Å². The molecule has 0 radical (unpaired) electrons. The number of hydrogen-bond donors (Lipinski definition) is 1. The van der Waals surface area contributed by atoms with Gasteiger partial charge in [0.25, 0.3) is 5.91 Å². The Hall–Kier alpha value is -2.61. The van der Waals surface area contributed by atoms with E-state index in [4.69, 9.17) is 4.74 Å². The van der Waals surface area contributed by atoms with Crippen molar-refractivity contribution in [3.63, 3.8) is 0 Å². The summed E-state index contributed by atoms with van der Waals surface area (Å²) in [7, 11) is 1.45. The second kappa shape index (κ2) is 6.12. The number of nitrogens with zero attached hydrogens (tertiary/aromatic N) is 1. The molecule has 4 nitrogen and oxygen atoms in total. The van der Waals surface area contributed by atoms with Gasteiger partial charge in [-0.3, -0.25) is 10.1 Å². The number of benzene rings is 2. The average molecular weight is 352 g/mol. The van der Waals surface area contributed by atoms with E-state index < -0.39 is 17.6 Å². The van der Waals surface area contributed by atoms with Crippen LogP contribution in [-0.4, -0.2) is 18.0 Å². The minimum Gasteiger partial charge on any atom is -0.496 e. The van der Waals surface area contributed by atoms with Crippen molar-refractivity contribution in [2.45, 2.75) is 6.18 Å². The Bertz CT molecular complexity index is 906. The predicted octanol–water partition coefficient (Wildman–Crippen LogP) is 4.58. The Balaban J connectivity index is 1.89. The van der Waals surface area contributed by atoms with Gasteiger partial charge in [-0.25, -0.2) is 4.98 Å². The minimum absolute atomic E-state index is 0.185. The normalized spacial score (nSPS) is 11.5. The molecule has 1 aromatic heterocycles. The molecule has 1 amide bonds. The summed E-state index contributed by atoms with van der Waals surface area (Å²) in [6.45, 7) is 0. The molecule has 0 spiro atoms. The Kier molecular flexibility index (Phi) is 4.15. The molecule has 0 bridgehead atoms. The fourth-order valence-corrected chi connectivity index (χ4v) is 3.00.